The molecule has 0 bridgehead atoms. The van der Waals surface area contributed by atoms with Crippen molar-refractivity contribution in [3.8, 4) is 0 Å². The number of rotatable bonds is 3. The van der Waals surface area contributed by atoms with E-state index in [9.17, 15) is 12.9 Å². The summed E-state index contributed by atoms with van der Waals surface area (Å²) in [6.45, 7) is -5.16. The van der Waals surface area contributed by atoms with Gasteiger partial charge in [0.15, 0.2) is 0 Å². The second-order valence-electron chi connectivity index (χ2n) is 2.84. The number of aliphatic hydroxyl groups is 1. The van der Waals surface area contributed by atoms with Crippen LogP contribution in [0.1, 0.15) is 11.1 Å². The molecule has 0 aliphatic carbocycles. The van der Waals surface area contributed by atoms with Crippen molar-refractivity contribution >= 4 is 6.98 Å². The zero-order valence-corrected chi connectivity index (χ0v) is 11.0. The fourth-order valence-electron chi connectivity index (χ4n) is 1.16. The van der Waals surface area contributed by atoms with Crippen LogP contribution in [0, 0.1) is 0 Å². The quantitative estimate of drug-likeness (QED) is 0.665. The number of hydrogen-bond donors (Lipinski definition) is 1. The minimum atomic E-state index is -4.82. The number of aliphatic hydroxyl groups excluding tert-OH is 1. The maximum Gasteiger partial charge on any atom is 1.00 e. The molecule has 6 heteroatoms. The zero-order chi connectivity index (χ0) is 9.90. The molecule has 0 saturated carbocycles. The fourth-order valence-corrected chi connectivity index (χ4v) is 1.16. The minimum absolute atomic E-state index is 0. The average molecular weight is 228 g/mol. The third-order valence-electron chi connectivity index (χ3n) is 1.74. The van der Waals surface area contributed by atoms with Crippen LogP contribution in [0.25, 0.3) is 0 Å². The van der Waals surface area contributed by atoms with Gasteiger partial charge in [-0.2, -0.15) is 0 Å². The molecule has 0 aliphatic heterocycles. The Bertz CT molecular complexity index is 290. The molecule has 0 amide bonds. The maximum atomic E-state index is 12.0. The van der Waals surface area contributed by atoms with E-state index in [1.165, 1.54) is 18.2 Å². The molecule has 0 saturated heterocycles. The minimum Gasteiger partial charge on any atom is -0.449 e. The summed E-state index contributed by atoms with van der Waals surface area (Å²) in [6, 6.07) is 6.03. The predicted octanol–water partition coefficient (Wildman–Crippen LogP) is -0.888. The van der Waals surface area contributed by atoms with E-state index in [1.54, 1.807) is 6.07 Å². The van der Waals surface area contributed by atoms with Gasteiger partial charge in [0.1, 0.15) is 0 Å². The maximum absolute atomic E-state index is 12.0. The molecule has 0 fully saturated rings. The van der Waals surface area contributed by atoms with Crippen molar-refractivity contribution in [2.24, 2.45) is 0 Å². The SMILES string of the molecule is OCc1ccccc1C[B-](F)(F)F.[K+]. The Balaban J connectivity index is 0.00000169. The Morgan fingerprint density at radius 3 is 2.00 bits per heavy atom. The van der Waals surface area contributed by atoms with E-state index < -0.39 is 13.3 Å². The number of hydrogen-bond acceptors (Lipinski definition) is 1. The van der Waals surface area contributed by atoms with Crippen molar-refractivity contribution in [1.29, 1.82) is 0 Å². The third-order valence-corrected chi connectivity index (χ3v) is 1.74. The van der Waals surface area contributed by atoms with Crippen LogP contribution in [0.5, 0.6) is 0 Å². The van der Waals surface area contributed by atoms with Crippen LogP contribution in [-0.4, -0.2) is 12.1 Å². The van der Waals surface area contributed by atoms with Gasteiger partial charge >= 0.3 is 58.4 Å². The van der Waals surface area contributed by atoms with Crippen molar-refractivity contribution in [3.05, 3.63) is 35.4 Å². The third kappa shape index (κ3) is 4.95. The van der Waals surface area contributed by atoms with Crippen LogP contribution in [0.2, 0.25) is 0 Å². The Morgan fingerprint density at radius 1 is 1.07 bits per heavy atom. The molecule has 72 valence electrons. The first-order valence-electron chi connectivity index (χ1n) is 3.91. The summed E-state index contributed by atoms with van der Waals surface area (Å²) < 4.78 is 36.1. The molecule has 0 aromatic heterocycles. The second-order valence-corrected chi connectivity index (χ2v) is 2.84. The normalized spacial score (nSPS) is 10.9. The van der Waals surface area contributed by atoms with E-state index >= 15 is 0 Å². The molecular formula is C8H9BF3KO. The molecule has 1 N–H and O–H groups in total. The van der Waals surface area contributed by atoms with Crippen LogP contribution in [0.4, 0.5) is 12.9 Å². The summed E-state index contributed by atoms with van der Waals surface area (Å²) in [7, 11) is 0. The summed E-state index contributed by atoms with van der Waals surface area (Å²) in [5.74, 6) is 0. The first kappa shape index (κ1) is 14.7. The van der Waals surface area contributed by atoms with Gasteiger partial charge in [0, 0.05) is 0 Å². The Labute approximate surface area is 123 Å². The zero-order valence-electron chi connectivity index (χ0n) is 7.88. The van der Waals surface area contributed by atoms with Gasteiger partial charge in [0.25, 0.3) is 0 Å². The molecule has 1 rings (SSSR count). The van der Waals surface area contributed by atoms with Crippen LogP contribution in [-0.2, 0) is 12.9 Å². The second kappa shape index (κ2) is 6.30. The molecule has 14 heavy (non-hydrogen) atoms. The van der Waals surface area contributed by atoms with Gasteiger partial charge in [-0.15, -0.1) is 0 Å². The van der Waals surface area contributed by atoms with Gasteiger partial charge in [-0.25, -0.2) is 0 Å². The molecule has 0 atom stereocenters. The van der Waals surface area contributed by atoms with E-state index in [4.69, 9.17) is 5.11 Å². The van der Waals surface area contributed by atoms with Gasteiger partial charge in [0.05, 0.1) is 6.61 Å². The molecule has 0 heterocycles. The Kier molecular flexibility index (Phi) is 6.60. The van der Waals surface area contributed by atoms with Crippen LogP contribution in [0.15, 0.2) is 24.3 Å². The number of benzene rings is 1. The number of halogens is 3. The topological polar surface area (TPSA) is 20.2 Å². The van der Waals surface area contributed by atoms with E-state index in [2.05, 4.69) is 0 Å². The predicted molar refractivity (Wildman–Crippen MR) is 45.1 cm³/mol. The summed E-state index contributed by atoms with van der Waals surface area (Å²) in [4.78, 5) is 0. The molecular weight excluding hydrogens is 219 g/mol. The van der Waals surface area contributed by atoms with E-state index in [0.29, 0.717) is 5.56 Å². The summed E-state index contributed by atoms with van der Waals surface area (Å²) in [5.41, 5.74) is 0.513. The Morgan fingerprint density at radius 2 is 1.57 bits per heavy atom. The summed E-state index contributed by atoms with van der Waals surface area (Å²) >= 11 is 0. The van der Waals surface area contributed by atoms with Crippen molar-refractivity contribution < 1.29 is 69.4 Å². The van der Waals surface area contributed by atoms with Gasteiger partial charge in [-0.1, -0.05) is 36.1 Å². The molecule has 1 aromatic rings. The molecule has 0 aliphatic rings. The van der Waals surface area contributed by atoms with E-state index in [0.717, 1.165) is 0 Å². The Hall–Kier alpha value is 0.671. The fraction of sp³-hybridized carbons (Fsp3) is 0.250. The van der Waals surface area contributed by atoms with Gasteiger partial charge in [0.2, 0.25) is 0 Å². The first-order valence-corrected chi connectivity index (χ1v) is 3.91. The van der Waals surface area contributed by atoms with E-state index in [1.807, 2.05) is 0 Å². The molecule has 1 nitrogen and oxygen atoms in total. The monoisotopic (exact) mass is 228 g/mol. The van der Waals surface area contributed by atoms with Gasteiger partial charge in [-0.05, 0) is 5.56 Å². The van der Waals surface area contributed by atoms with Crippen molar-refractivity contribution in [3.63, 3.8) is 0 Å². The summed E-state index contributed by atoms with van der Waals surface area (Å²) in [5, 5.41) is 8.75. The van der Waals surface area contributed by atoms with Crippen LogP contribution in [0.3, 0.4) is 0 Å². The molecule has 0 spiro atoms. The van der Waals surface area contributed by atoms with Crippen molar-refractivity contribution in [2.75, 3.05) is 0 Å². The van der Waals surface area contributed by atoms with Crippen LogP contribution < -0.4 is 51.4 Å². The molecule has 1 aromatic carbocycles. The largest absolute Gasteiger partial charge is 1.00 e. The van der Waals surface area contributed by atoms with Crippen molar-refractivity contribution in [1.82, 2.24) is 0 Å². The van der Waals surface area contributed by atoms with Crippen LogP contribution >= 0.6 is 0 Å². The van der Waals surface area contributed by atoms with E-state index in [-0.39, 0.29) is 63.6 Å². The summed E-state index contributed by atoms with van der Waals surface area (Å²) in [6.07, 6.45) is -0.920. The standard InChI is InChI=1S/C8H9BF3O.K/c10-9(11,12)5-7-3-1-2-4-8(7)6-13;/h1-4,13H,5-6H2;/q-1;+1. The first-order chi connectivity index (χ1) is 6.03. The average Bonchev–Trinajstić information content (AvgIpc) is 2.02. The van der Waals surface area contributed by atoms with Crippen molar-refractivity contribution in [2.45, 2.75) is 12.9 Å². The molecule has 0 unspecified atom stereocenters. The van der Waals surface area contributed by atoms with Gasteiger partial charge in [-0.3, -0.25) is 0 Å². The molecule has 0 radical (unpaired) electrons. The smallest absolute Gasteiger partial charge is 0.449 e. The van der Waals surface area contributed by atoms with Gasteiger partial charge < -0.3 is 18.1 Å².